The summed E-state index contributed by atoms with van der Waals surface area (Å²) in [5.41, 5.74) is 0.872. The summed E-state index contributed by atoms with van der Waals surface area (Å²) in [7, 11) is 0. The predicted octanol–water partition coefficient (Wildman–Crippen LogP) is 1.20. The summed E-state index contributed by atoms with van der Waals surface area (Å²) in [4.78, 5) is 25.4. The average molecular weight is 347 g/mol. The van der Waals surface area contributed by atoms with Crippen molar-refractivity contribution in [3.8, 4) is 0 Å². The number of piperidine rings is 1. The fraction of sp³-hybridized carbons (Fsp3) is 0.556. The maximum Gasteiger partial charge on any atom is 0.238 e. The third kappa shape index (κ3) is 4.36. The molecule has 2 atom stereocenters. The van der Waals surface area contributed by atoms with Gasteiger partial charge in [0.25, 0.3) is 0 Å². The van der Waals surface area contributed by atoms with E-state index in [9.17, 15) is 14.7 Å². The standard InChI is InChI=1S/C18H25N3O4/c1-13(22)19-14-3-5-15(6-4-14)20-17(24)11-21-9-7-16(23)18(12-21)8-2-10-25-18/h3-6,16,23H,2,7-12H2,1H3,(H,19,22)(H,20,24)/t16-,18-/m0/s1. The Labute approximate surface area is 147 Å². The van der Waals surface area contributed by atoms with Crippen molar-refractivity contribution >= 4 is 23.2 Å². The van der Waals surface area contributed by atoms with E-state index in [1.807, 2.05) is 4.90 Å². The summed E-state index contributed by atoms with van der Waals surface area (Å²) < 4.78 is 5.81. The number of aliphatic hydroxyl groups is 1. The molecule has 0 aliphatic carbocycles. The summed E-state index contributed by atoms with van der Waals surface area (Å²) in [6.07, 6.45) is 1.98. The van der Waals surface area contributed by atoms with Crippen molar-refractivity contribution in [1.29, 1.82) is 0 Å². The van der Waals surface area contributed by atoms with Crippen LogP contribution in [0.1, 0.15) is 26.2 Å². The maximum absolute atomic E-state index is 12.3. The molecule has 3 N–H and O–H groups in total. The number of hydrogen-bond donors (Lipinski definition) is 3. The van der Waals surface area contributed by atoms with Crippen molar-refractivity contribution in [3.05, 3.63) is 24.3 Å². The van der Waals surface area contributed by atoms with Crippen molar-refractivity contribution in [1.82, 2.24) is 4.90 Å². The highest BCUT2D eigenvalue weighted by Gasteiger charge is 2.46. The number of anilines is 2. The van der Waals surface area contributed by atoms with Crippen LogP contribution < -0.4 is 10.6 Å². The van der Waals surface area contributed by atoms with Crippen molar-refractivity contribution in [3.63, 3.8) is 0 Å². The first-order valence-corrected chi connectivity index (χ1v) is 8.69. The topological polar surface area (TPSA) is 90.9 Å². The first-order chi connectivity index (χ1) is 12.0. The first-order valence-electron chi connectivity index (χ1n) is 8.69. The fourth-order valence-electron chi connectivity index (χ4n) is 3.62. The van der Waals surface area contributed by atoms with Crippen LogP contribution in [0.4, 0.5) is 11.4 Å². The molecule has 0 aromatic heterocycles. The number of hydrogen-bond acceptors (Lipinski definition) is 5. The molecule has 0 radical (unpaired) electrons. The van der Waals surface area contributed by atoms with Crippen LogP contribution in [-0.2, 0) is 14.3 Å². The van der Waals surface area contributed by atoms with Gasteiger partial charge in [-0.25, -0.2) is 0 Å². The van der Waals surface area contributed by atoms with Gasteiger partial charge < -0.3 is 20.5 Å². The maximum atomic E-state index is 12.3. The van der Waals surface area contributed by atoms with Crippen LogP contribution in [0.25, 0.3) is 0 Å². The quantitative estimate of drug-likeness (QED) is 0.761. The highest BCUT2D eigenvalue weighted by atomic mass is 16.5. The van der Waals surface area contributed by atoms with Crippen LogP contribution in [-0.4, -0.2) is 59.8 Å². The largest absolute Gasteiger partial charge is 0.390 e. The average Bonchev–Trinajstić information content (AvgIpc) is 3.02. The molecule has 0 unspecified atom stereocenters. The molecule has 2 aliphatic heterocycles. The number of ether oxygens (including phenoxy) is 1. The van der Waals surface area contributed by atoms with Gasteiger partial charge in [0, 0.05) is 38.0 Å². The van der Waals surface area contributed by atoms with Crippen molar-refractivity contribution in [2.24, 2.45) is 0 Å². The number of nitrogens with zero attached hydrogens (tertiary/aromatic N) is 1. The van der Waals surface area contributed by atoms with Gasteiger partial charge in [0.15, 0.2) is 0 Å². The zero-order valence-corrected chi connectivity index (χ0v) is 14.5. The molecule has 2 amide bonds. The zero-order chi connectivity index (χ0) is 17.9. The van der Waals surface area contributed by atoms with E-state index in [0.717, 1.165) is 12.8 Å². The zero-order valence-electron chi connectivity index (χ0n) is 14.5. The molecule has 0 bridgehead atoms. The summed E-state index contributed by atoms with van der Waals surface area (Å²) in [5, 5.41) is 15.8. The van der Waals surface area contributed by atoms with E-state index in [1.54, 1.807) is 24.3 Å². The number of benzene rings is 1. The van der Waals surface area contributed by atoms with Crippen LogP contribution >= 0.6 is 0 Å². The smallest absolute Gasteiger partial charge is 0.238 e. The lowest BCUT2D eigenvalue weighted by Crippen LogP contribution is -2.57. The van der Waals surface area contributed by atoms with Gasteiger partial charge in [-0.15, -0.1) is 0 Å². The van der Waals surface area contributed by atoms with E-state index in [-0.39, 0.29) is 18.4 Å². The molecular weight excluding hydrogens is 322 g/mol. The number of aliphatic hydroxyl groups excluding tert-OH is 1. The van der Waals surface area contributed by atoms with Gasteiger partial charge in [-0.1, -0.05) is 0 Å². The summed E-state index contributed by atoms with van der Waals surface area (Å²) in [6, 6.07) is 7.00. The minimum atomic E-state index is -0.501. The molecule has 2 aliphatic rings. The molecule has 1 aromatic carbocycles. The Morgan fingerprint density at radius 1 is 1.28 bits per heavy atom. The van der Waals surface area contributed by atoms with Crippen LogP contribution in [0.5, 0.6) is 0 Å². The van der Waals surface area contributed by atoms with Crippen LogP contribution in [0.15, 0.2) is 24.3 Å². The molecule has 7 heteroatoms. The van der Waals surface area contributed by atoms with Crippen molar-refractivity contribution in [2.75, 3.05) is 36.9 Å². The SMILES string of the molecule is CC(=O)Nc1ccc(NC(=O)CN2CC[C@H](O)[C@]3(CCCO3)C2)cc1. The Morgan fingerprint density at radius 2 is 1.96 bits per heavy atom. The molecule has 136 valence electrons. The van der Waals surface area contributed by atoms with E-state index in [1.165, 1.54) is 6.92 Å². The second-order valence-electron chi connectivity index (χ2n) is 6.84. The van der Waals surface area contributed by atoms with Crippen molar-refractivity contribution < 1.29 is 19.4 Å². The molecule has 2 fully saturated rings. The number of carbonyl (C=O) groups excluding carboxylic acids is 2. The summed E-state index contributed by atoms with van der Waals surface area (Å²) in [6.45, 7) is 3.67. The van der Waals surface area contributed by atoms with E-state index in [2.05, 4.69) is 10.6 Å². The molecule has 7 nitrogen and oxygen atoms in total. The number of likely N-dealkylation sites (tertiary alicyclic amines) is 1. The normalized spacial score (nSPS) is 26.6. The molecular formula is C18H25N3O4. The second kappa shape index (κ2) is 7.51. The number of nitrogens with one attached hydrogen (secondary N) is 2. The lowest BCUT2D eigenvalue weighted by molar-refractivity contribution is -0.137. The monoisotopic (exact) mass is 347 g/mol. The van der Waals surface area contributed by atoms with Gasteiger partial charge >= 0.3 is 0 Å². The number of rotatable bonds is 4. The van der Waals surface area contributed by atoms with Gasteiger partial charge in [0.2, 0.25) is 11.8 Å². The first kappa shape index (κ1) is 17.8. The van der Waals surface area contributed by atoms with Gasteiger partial charge in [-0.05, 0) is 43.5 Å². The highest BCUT2D eigenvalue weighted by molar-refractivity contribution is 5.93. The lowest BCUT2D eigenvalue weighted by atomic mass is 9.87. The van der Waals surface area contributed by atoms with Crippen molar-refractivity contribution in [2.45, 2.75) is 37.9 Å². The molecule has 2 saturated heterocycles. The Kier molecular flexibility index (Phi) is 5.36. The molecule has 1 spiro atoms. The molecule has 1 aromatic rings. The Bertz CT molecular complexity index is 626. The molecule has 2 heterocycles. The third-order valence-corrected chi connectivity index (χ3v) is 4.81. The second-order valence-corrected chi connectivity index (χ2v) is 6.84. The van der Waals surface area contributed by atoms with E-state index in [4.69, 9.17) is 4.74 Å². The molecule has 3 rings (SSSR count). The van der Waals surface area contributed by atoms with Gasteiger partial charge in [-0.2, -0.15) is 0 Å². The van der Waals surface area contributed by atoms with Crippen LogP contribution in [0.2, 0.25) is 0 Å². The highest BCUT2D eigenvalue weighted by Crippen LogP contribution is 2.34. The van der Waals surface area contributed by atoms with E-state index in [0.29, 0.717) is 37.5 Å². The van der Waals surface area contributed by atoms with Gasteiger partial charge in [0.05, 0.1) is 12.6 Å². The van der Waals surface area contributed by atoms with Gasteiger partial charge in [-0.3, -0.25) is 14.5 Å². The number of amides is 2. The number of carbonyl (C=O) groups is 2. The minimum Gasteiger partial charge on any atom is -0.390 e. The van der Waals surface area contributed by atoms with Gasteiger partial charge in [0.1, 0.15) is 5.60 Å². The fourth-order valence-corrected chi connectivity index (χ4v) is 3.62. The lowest BCUT2D eigenvalue weighted by Gasteiger charge is -2.42. The minimum absolute atomic E-state index is 0.100. The predicted molar refractivity (Wildman–Crippen MR) is 94.4 cm³/mol. The molecule has 0 saturated carbocycles. The Hall–Kier alpha value is -1.96. The van der Waals surface area contributed by atoms with E-state index >= 15 is 0 Å². The van der Waals surface area contributed by atoms with Crippen LogP contribution in [0.3, 0.4) is 0 Å². The Morgan fingerprint density at radius 3 is 2.56 bits per heavy atom. The van der Waals surface area contributed by atoms with E-state index < -0.39 is 11.7 Å². The Balaban J connectivity index is 1.53. The molecule has 25 heavy (non-hydrogen) atoms. The third-order valence-electron chi connectivity index (χ3n) is 4.81. The summed E-state index contributed by atoms with van der Waals surface area (Å²) >= 11 is 0. The van der Waals surface area contributed by atoms with Crippen LogP contribution in [0, 0.1) is 0 Å². The summed E-state index contributed by atoms with van der Waals surface area (Å²) in [5.74, 6) is -0.232.